The van der Waals surface area contributed by atoms with E-state index in [2.05, 4.69) is 10.2 Å². The summed E-state index contributed by atoms with van der Waals surface area (Å²) in [6, 6.07) is 0.0705. The topological polar surface area (TPSA) is 61.8 Å². The second-order valence-corrected chi connectivity index (χ2v) is 4.57. The number of morpholine rings is 1. The fourth-order valence-electron chi connectivity index (χ4n) is 1.95. The van der Waals surface area contributed by atoms with Crippen LogP contribution in [0.15, 0.2) is 0 Å². The van der Waals surface area contributed by atoms with Gasteiger partial charge in [0.05, 0.1) is 13.2 Å². The fourth-order valence-corrected chi connectivity index (χ4v) is 1.95. The molecule has 5 nitrogen and oxygen atoms in total. The minimum atomic E-state index is -0.722. The van der Waals surface area contributed by atoms with Gasteiger partial charge in [0.2, 0.25) is 0 Å². The first-order chi connectivity index (χ1) is 7.75. The zero-order valence-electron chi connectivity index (χ0n) is 9.52. The van der Waals surface area contributed by atoms with Gasteiger partial charge in [-0.1, -0.05) is 0 Å². The van der Waals surface area contributed by atoms with E-state index in [-0.39, 0.29) is 6.04 Å². The molecule has 1 saturated heterocycles. The molecular weight excluding hydrogens is 208 g/mol. The van der Waals surface area contributed by atoms with E-state index < -0.39 is 5.97 Å². The van der Waals surface area contributed by atoms with E-state index in [1.807, 2.05) is 0 Å². The minimum absolute atomic E-state index is 0.379. The van der Waals surface area contributed by atoms with Crippen LogP contribution in [0.1, 0.15) is 19.3 Å². The Bertz CT molecular complexity index is 237. The van der Waals surface area contributed by atoms with Gasteiger partial charge in [-0.05, 0) is 19.3 Å². The Hall–Kier alpha value is -0.650. The van der Waals surface area contributed by atoms with E-state index in [1.54, 1.807) is 0 Å². The molecule has 1 saturated carbocycles. The Balaban J connectivity index is 1.69. The third kappa shape index (κ3) is 3.73. The number of rotatable bonds is 6. The highest BCUT2D eigenvalue weighted by molar-refractivity contribution is 5.73. The van der Waals surface area contributed by atoms with Crippen LogP contribution in [-0.4, -0.2) is 60.9 Å². The van der Waals surface area contributed by atoms with Crippen molar-refractivity contribution in [1.29, 1.82) is 0 Å². The highest BCUT2D eigenvalue weighted by Gasteiger charge is 2.28. The van der Waals surface area contributed by atoms with E-state index in [0.29, 0.717) is 12.5 Å². The van der Waals surface area contributed by atoms with Gasteiger partial charge in [-0.15, -0.1) is 0 Å². The number of nitrogens with one attached hydrogen (secondary N) is 1. The summed E-state index contributed by atoms with van der Waals surface area (Å²) in [6.45, 7) is 4.24. The van der Waals surface area contributed by atoms with Gasteiger partial charge in [0.1, 0.15) is 6.04 Å². The summed E-state index contributed by atoms with van der Waals surface area (Å²) >= 11 is 0. The summed E-state index contributed by atoms with van der Waals surface area (Å²) in [7, 11) is 0. The molecule has 2 fully saturated rings. The van der Waals surface area contributed by atoms with E-state index in [4.69, 9.17) is 9.84 Å². The standard InChI is InChI=1S/C11H20N2O3/c14-11(15)10(12-9-1-2-9)3-4-13-5-7-16-8-6-13/h9-10,12H,1-8H2,(H,14,15). The van der Waals surface area contributed by atoms with Crippen LogP contribution in [0.25, 0.3) is 0 Å². The Morgan fingerprint density at radius 1 is 1.44 bits per heavy atom. The van der Waals surface area contributed by atoms with Gasteiger partial charge in [-0.3, -0.25) is 9.69 Å². The predicted molar refractivity (Wildman–Crippen MR) is 59.5 cm³/mol. The summed E-state index contributed by atoms with van der Waals surface area (Å²) in [4.78, 5) is 13.3. The second-order valence-electron chi connectivity index (χ2n) is 4.57. The van der Waals surface area contributed by atoms with Crippen molar-refractivity contribution in [2.24, 2.45) is 0 Å². The zero-order chi connectivity index (χ0) is 11.4. The first kappa shape index (κ1) is 11.8. The molecule has 1 unspecified atom stereocenters. The molecule has 1 atom stereocenters. The maximum absolute atomic E-state index is 11.0. The summed E-state index contributed by atoms with van der Waals surface area (Å²) in [5.74, 6) is -0.722. The largest absolute Gasteiger partial charge is 0.480 e. The number of carboxylic acids is 1. The lowest BCUT2D eigenvalue weighted by Crippen LogP contribution is -2.43. The van der Waals surface area contributed by atoms with Crippen molar-refractivity contribution < 1.29 is 14.6 Å². The Morgan fingerprint density at radius 2 is 2.12 bits per heavy atom. The Morgan fingerprint density at radius 3 is 2.69 bits per heavy atom. The molecule has 2 aliphatic rings. The first-order valence-electron chi connectivity index (χ1n) is 6.04. The van der Waals surface area contributed by atoms with Crippen LogP contribution in [0.2, 0.25) is 0 Å². The van der Waals surface area contributed by atoms with Gasteiger partial charge < -0.3 is 15.2 Å². The van der Waals surface area contributed by atoms with Crippen molar-refractivity contribution in [1.82, 2.24) is 10.2 Å². The lowest BCUT2D eigenvalue weighted by molar-refractivity contribution is -0.139. The molecule has 5 heteroatoms. The van der Waals surface area contributed by atoms with Crippen molar-refractivity contribution in [2.75, 3.05) is 32.8 Å². The van der Waals surface area contributed by atoms with Crippen LogP contribution in [0, 0.1) is 0 Å². The van der Waals surface area contributed by atoms with Crippen LogP contribution in [0.5, 0.6) is 0 Å². The second kappa shape index (κ2) is 5.61. The predicted octanol–water partition coefficient (Wildman–Crippen LogP) is -0.0861. The van der Waals surface area contributed by atoms with Gasteiger partial charge in [-0.2, -0.15) is 0 Å². The molecule has 2 N–H and O–H groups in total. The number of nitrogens with zero attached hydrogens (tertiary/aromatic N) is 1. The Labute approximate surface area is 95.8 Å². The van der Waals surface area contributed by atoms with Crippen molar-refractivity contribution in [3.8, 4) is 0 Å². The lowest BCUT2D eigenvalue weighted by atomic mass is 10.2. The van der Waals surface area contributed by atoms with E-state index in [1.165, 1.54) is 0 Å². The van der Waals surface area contributed by atoms with E-state index in [0.717, 1.165) is 45.7 Å². The number of ether oxygens (including phenoxy) is 1. The van der Waals surface area contributed by atoms with Crippen LogP contribution < -0.4 is 5.32 Å². The quantitative estimate of drug-likeness (QED) is 0.665. The number of aliphatic carboxylic acids is 1. The average Bonchev–Trinajstić information content (AvgIpc) is 3.09. The third-order valence-electron chi connectivity index (χ3n) is 3.15. The van der Waals surface area contributed by atoms with Gasteiger partial charge in [-0.25, -0.2) is 0 Å². The molecule has 0 spiro atoms. The lowest BCUT2D eigenvalue weighted by Gasteiger charge is -2.27. The molecule has 1 heterocycles. The van der Waals surface area contributed by atoms with Crippen molar-refractivity contribution in [2.45, 2.75) is 31.3 Å². The molecule has 0 aromatic rings. The van der Waals surface area contributed by atoms with Gasteiger partial charge >= 0.3 is 5.97 Å². The zero-order valence-corrected chi connectivity index (χ0v) is 9.52. The molecule has 1 aliphatic heterocycles. The minimum Gasteiger partial charge on any atom is -0.480 e. The molecule has 92 valence electrons. The SMILES string of the molecule is O=C(O)C(CCN1CCOCC1)NC1CC1. The summed E-state index contributed by atoms with van der Waals surface area (Å²) in [5, 5.41) is 12.2. The monoisotopic (exact) mass is 228 g/mol. The highest BCUT2D eigenvalue weighted by Crippen LogP contribution is 2.20. The smallest absolute Gasteiger partial charge is 0.320 e. The van der Waals surface area contributed by atoms with Crippen molar-refractivity contribution in [3.05, 3.63) is 0 Å². The van der Waals surface area contributed by atoms with Crippen LogP contribution in [-0.2, 0) is 9.53 Å². The molecule has 0 aromatic heterocycles. The molecule has 0 bridgehead atoms. The third-order valence-corrected chi connectivity index (χ3v) is 3.15. The fraction of sp³-hybridized carbons (Fsp3) is 0.909. The van der Waals surface area contributed by atoms with Crippen LogP contribution >= 0.6 is 0 Å². The molecule has 0 aromatic carbocycles. The summed E-state index contributed by atoms with van der Waals surface area (Å²) in [5.41, 5.74) is 0. The molecular formula is C11H20N2O3. The number of carbonyl (C=O) groups is 1. The van der Waals surface area contributed by atoms with Gasteiger partial charge in [0.25, 0.3) is 0 Å². The summed E-state index contributed by atoms with van der Waals surface area (Å²) < 4.78 is 5.25. The number of hydrogen-bond acceptors (Lipinski definition) is 4. The molecule has 0 radical (unpaired) electrons. The van der Waals surface area contributed by atoms with Crippen molar-refractivity contribution >= 4 is 5.97 Å². The van der Waals surface area contributed by atoms with Crippen molar-refractivity contribution in [3.63, 3.8) is 0 Å². The Kier molecular flexibility index (Phi) is 4.15. The number of carboxylic acid groups (broad SMARTS) is 1. The molecule has 16 heavy (non-hydrogen) atoms. The van der Waals surface area contributed by atoms with Gasteiger partial charge in [0, 0.05) is 25.7 Å². The molecule has 1 aliphatic carbocycles. The summed E-state index contributed by atoms with van der Waals surface area (Å²) in [6.07, 6.45) is 2.94. The maximum atomic E-state index is 11.0. The van der Waals surface area contributed by atoms with Crippen LogP contribution in [0.3, 0.4) is 0 Å². The molecule has 0 amide bonds. The van der Waals surface area contributed by atoms with Gasteiger partial charge in [0.15, 0.2) is 0 Å². The molecule has 2 rings (SSSR count). The first-order valence-corrected chi connectivity index (χ1v) is 6.04. The maximum Gasteiger partial charge on any atom is 0.320 e. The highest BCUT2D eigenvalue weighted by atomic mass is 16.5. The average molecular weight is 228 g/mol. The number of hydrogen-bond donors (Lipinski definition) is 2. The normalized spacial score (nSPS) is 24.2. The van der Waals surface area contributed by atoms with E-state index >= 15 is 0 Å². The van der Waals surface area contributed by atoms with E-state index in [9.17, 15) is 4.79 Å². The van der Waals surface area contributed by atoms with Crippen LogP contribution in [0.4, 0.5) is 0 Å².